The van der Waals surface area contributed by atoms with Gasteiger partial charge in [0.2, 0.25) is 11.8 Å². The normalized spacial score (nSPS) is 11.6. The Hall–Kier alpha value is -3.42. The Morgan fingerprint density at radius 3 is 1.61 bits per heavy atom. The van der Waals surface area contributed by atoms with E-state index in [1.54, 1.807) is 0 Å². The number of unbranched alkanes of at least 4 members (excludes halogenated alkanes) is 16. The van der Waals surface area contributed by atoms with E-state index in [4.69, 9.17) is 10.2 Å². The van der Waals surface area contributed by atoms with Crippen LogP contribution in [0, 0.1) is 6.92 Å². The maximum Gasteiger partial charge on any atom is 0.225 e. The smallest absolute Gasteiger partial charge is 0.225 e. The molecule has 3 aromatic rings. The zero-order valence-electron chi connectivity index (χ0n) is 31.5. The molecule has 2 aromatic heterocycles. The van der Waals surface area contributed by atoms with E-state index in [9.17, 15) is 9.59 Å². The predicted molar refractivity (Wildman–Crippen MR) is 205 cm³/mol. The number of carbonyl (C=O) groups is 2. The first kappa shape index (κ1) is 40.0. The molecule has 8 nitrogen and oxygen atoms in total. The second-order valence-corrected chi connectivity index (χ2v) is 14.6. The number of benzene rings is 1. The van der Waals surface area contributed by atoms with Gasteiger partial charge in [0, 0.05) is 31.4 Å². The van der Waals surface area contributed by atoms with Gasteiger partial charge in [-0.2, -0.15) is 10.2 Å². The molecule has 272 valence electrons. The number of carbonyl (C=O) groups excluding carboxylic acids is 2. The van der Waals surface area contributed by atoms with Gasteiger partial charge in [-0.15, -0.1) is 0 Å². The summed E-state index contributed by atoms with van der Waals surface area (Å²) in [7, 11) is 0. The third-order valence-corrected chi connectivity index (χ3v) is 9.33. The van der Waals surface area contributed by atoms with Crippen LogP contribution in [0.4, 0.5) is 11.6 Å². The van der Waals surface area contributed by atoms with E-state index in [0.29, 0.717) is 30.9 Å². The number of hydrogen-bond donors (Lipinski definition) is 2. The highest BCUT2D eigenvalue weighted by atomic mass is 16.2. The van der Waals surface area contributed by atoms with E-state index < -0.39 is 5.54 Å². The molecule has 8 heteroatoms. The lowest BCUT2D eigenvalue weighted by Crippen LogP contribution is -2.32. The highest BCUT2D eigenvalue weighted by molar-refractivity contribution is 5.90. The molecule has 2 heterocycles. The van der Waals surface area contributed by atoms with Crippen LogP contribution >= 0.6 is 0 Å². The number of aryl methyl sites for hydroxylation is 1. The van der Waals surface area contributed by atoms with Gasteiger partial charge in [0.05, 0.1) is 22.6 Å². The summed E-state index contributed by atoms with van der Waals surface area (Å²) in [6.45, 7) is 10.7. The summed E-state index contributed by atoms with van der Waals surface area (Å²) in [4.78, 5) is 26.0. The SMILES string of the molecule is CCCCCCCCCCCC(=O)Nc1cc(CC(C)(C)n2nc(C)cc2NC(=O)CCCCCCCCCCC)nn1-c1ccccc1. The van der Waals surface area contributed by atoms with Crippen molar-refractivity contribution < 1.29 is 9.59 Å². The van der Waals surface area contributed by atoms with Crippen LogP contribution in [0.25, 0.3) is 5.69 Å². The first-order chi connectivity index (χ1) is 23.7. The van der Waals surface area contributed by atoms with Gasteiger partial charge in [0.1, 0.15) is 11.6 Å². The summed E-state index contributed by atoms with van der Waals surface area (Å²) in [6.07, 6.45) is 23.6. The lowest BCUT2D eigenvalue weighted by atomic mass is 9.98. The van der Waals surface area contributed by atoms with Crippen LogP contribution in [0.15, 0.2) is 42.5 Å². The molecule has 0 radical (unpaired) electrons. The quantitative estimate of drug-likeness (QED) is 0.0829. The van der Waals surface area contributed by atoms with Crippen molar-refractivity contribution in [1.82, 2.24) is 19.6 Å². The molecule has 0 aliphatic carbocycles. The summed E-state index contributed by atoms with van der Waals surface area (Å²) in [5.41, 5.74) is 2.10. The zero-order valence-corrected chi connectivity index (χ0v) is 31.5. The molecule has 0 unspecified atom stereocenters. The standard InChI is InChI=1S/C41H66N6O2/c1-6-8-10-12-14-16-18-20-25-29-39(48)42-37-32-35(45-46(37)36-27-23-22-24-28-36)33-41(4,5)47-38(31-34(3)44-47)43-40(49)30-26-21-19-17-15-13-11-9-7-2/h22-24,27-28,31-32H,6-21,25-26,29-30,33H2,1-5H3,(H,42,48)(H,43,49). The van der Waals surface area contributed by atoms with Crippen molar-refractivity contribution in [1.29, 1.82) is 0 Å². The Bertz CT molecular complexity index is 1360. The van der Waals surface area contributed by atoms with Crippen molar-refractivity contribution in [2.24, 2.45) is 0 Å². The van der Waals surface area contributed by atoms with Crippen LogP contribution in [0.1, 0.15) is 167 Å². The molecule has 0 aliphatic rings. The summed E-state index contributed by atoms with van der Waals surface area (Å²) >= 11 is 0. The zero-order chi connectivity index (χ0) is 35.3. The monoisotopic (exact) mass is 675 g/mol. The van der Waals surface area contributed by atoms with E-state index in [0.717, 1.165) is 42.8 Å². The number of nitrogens with zero attached hydrogens (tertiary/aromatic N) is 4. The van der Waals surface area contributed by atoms with Gasteiger partial charge in [-0.1, -0.05) is 135 Å². The van der Waals surface area contributed by atoms with Gasteiger partial charge < -0.3 is 10.6 Å². The van der Waals surface area contributed by atoms with Gasteiger partial charge in [0.25, 0.3) is 0 Å². The van der Waals surface area contributed by atoms with Crippen LogP contribution in [0.2, 0.25) is 0 Å². The van der Waals surface area contributed by atoms with Crippen molar-refractivity contribution in [2.45, 2.75) is 175 Å². The highest BCUT2D eigenvalue weighted by Crippen LogP contribution is 2.28. The first-order valence-corrected chi connectivity index (χ1v) is 19.5. The van der Waals surface area contributed by atoms with E-state index in [2.05, 4.69) is 38.3 Å². The van der Waals surface area contributed by atoms with Crippen molar-refractivity contribution in [3.05, 3.63) is 53.9 Å². The molecule has 0 atom stereocenters. The van der Waals surface area contributed by atoms with Gasteiger partial charge in [0.15, 0.2) is 0 Å². The average Bonchev–Trinajstić information content (AvgIpc) is 3.65. The molecule has 0 spiro atoms. The molecule has 0 fully saturated rings. The number of rotatable bonds is 26. The van der Waals surface area contributed by atoms with Crippen LogP contribution in [-0.4, -0.2) is 31.4 Å². The summed E-state index contributed by atoms with van der Waals surface area (Å²) < 4.78 is 3.74. The fourth-order valence-corrected chi connectivity index (χ4v) is 6.54. The molecule has 2 N–H and O–H groups in total. The molecular formula is C41H66N6O2. The topological polar surface area (TPSA) is 93.8 Å². The number of aromatic nitrogens is 4. The van der Waals surface area contributed by atoms with Crippen LogP contribution in [-0.2, 0) is 21.5 Å². The number of nitrogens with one attached hydrogen (secondary N) is 2. The van der Waals surface area contributed by atoms with Gasteiger partial charge in [-0.25, -0.2) is 9.36 Å². The summed E-state index contributed by atoms with van der Waals surface area (Å²) in [5, 5.41) is 16.0. The highest BCUT2D eigenvalue weighted by Gasteiger charge is 2.28. The lowest BCUT2D eigenvalue weighted by molar-refractivity contribution is -0.117. The Kier molecular flexibility index (Phi) is 18.2. The van der Waals surface area contributed by atoms with E-state index >= 15 is 0 Å². The molecule has 0 saturated carbocycles. The molecule has 2 amide bonds. The molecule has 0 saturated heterocycles. The summed E-state index contributed by atoms with van der Waals surface area (Å²) in [6, 6.07) is 13.8. The summed E-state index contributed by atoms with van der Waals surface area (Å²) in [5.74, 6) is 1.43. The molecule has 0 bridgehead atoms. The third kappa shape index (κ3) is 14.9. The first-order valence-electron chi connectivity index (χ1n) is 19.5. The maximum atomic E-state index is 13.0. The molecule has 49 heavy (non-hydrogen) atoms. The number of para-hydroxylation sites is 1. The Morgan fingerprint density at radius 2 is 1.10 bits per heavy atom. The van der Waals surface area contributed by atoms with Crippen LogP contribution < -0.4 is 10.6 Å². The minimum absolute atomic E-state index is 0.0190. The second-order valence-electron chi connectivity index (χ2n) is 14.6. The molecular weight excluding hydrogens is 608 g/mol. The van der Waals surface area contributed by atoms with Crippen molar-refractivity contribution >= 4 is 23.5 Å². The van der Waals surface area contributed by atoms with Crippen molar-refractivity contribution in [2.75, 3.05) is 10.6 Å². The number of anilines is 2. The van der Waals surface area contributed by atoms with Crippen molar-refractivity contribution in [3.63, 3.8) is 0 Å². The largest absolute Gasteiger partial charge is 0.311 e. The molecule has 0 aliphatic heterocycles. The predicted octanol–water partition coefficient (Wildman–Crippen LogP) is 11.1. The average molecular weight is 675 g/mol. The Labute approximate surface area is 297 Å². The van der Waals surface area contributed by atoms with Gasteiger partial charge in [-0.3, -0.25) is 9.59 Å². The number of hydrogen-bond acceptors (Lipinski definition) is 4. The van der Waals surface area contributed by atoms with Crippen molar-refractivity contribution in [3.8, 4) is 5.69 Å². The number of amides is 2. The lowest BCUT2D eigenvalue weighted by Gasteiger charge is -2.27. The van der Waals surface area contributed by atoms with Gasteiger partial charge in [-0.05, 0) is 45.7 Å². The maximum absolute atomic E-state index is 13.0. The van der Waals surface area contributed by atoms with Crippen LogP contribution in [0.3, 0.4) is 0 Å². The van der Waals surface area contributed by atoms with E-state index in [1.165, 1.54) is 89.9 Å². The van der Waals surface area contributed by atoms with E-state index in [1.807, 2.05) is 58.8 Å². The second kappa shape index (κ2) is 22.3. The third-order valence-electron chi connectivity index (χ3n) is 9.33. The molecule has 1 aromatic carbocycles. The van der Waals surface area contributed by atoms with Gasteiger partial charge >= 0.3 is 0 Å². The minimum Gasteiger partial charge on any atom is -0.311 e. The van der Waals surface area contributed by atoms with Crippen LogP contribution in [0.5, 0.6) is 0 Å². The Morgan fingerprint density at radius 1 is 0.633 bits per heavy atom. The fraction of sp³-hybridized carbons (Fsp3) is 0.659. The van der Waals surface area contributed by atoms with E-state index in [-0.39, 0.29) is 11.8 Å². The fourth-order valence-electron chi connectivity index (χ4n) is 6.54. The Balaban J connectivity index is 1.57. The minimum atomic E-state index is -0.484. The molecule has 3 rings (SSSR count).